The molecule has 0 unspecified atom stereocenters. The number of aliphatic hydroxyl groups is 1. The minimum Gasteiger partial charge on any atom is -0.389 e. The van der Waals surface area contributed by atoms with E-state index >= 15 is 0 Å². The van der Waals surface area contributed by atoms with Crippen LogP contribution in [0.15, 0.2) is 34.2 Å². The SMILES string of the molecule is CN=C(CC1(O)CCN(C(=O)CCC(F)(F)F)CC1)c1ccc(S(C)(=O)=O)cc1. The lowest BCUT2D eigenvalue weighted by Crippen LogP contribution is -2.47. The minimum atomic E-state index is -4.37. The van der Waals surface area contributed by atoms with E-state index in [1.54, 1.807) is 19.2 Å². The van der Waals surface area contributed by atoms with E-state index in [1.165, 1.54) is 17.0 Å². The van der Waals surface area contributed by atoms with Gasteiger partial charge in [0.1, 0.15) is 0 Å². The van der Waals surface area contributed by atoms with Crippen molar-refractivity contribution in [2.45, 2.75) is 48.8 Å². The van der Waals surface area contributed by atoms with Gasteiger partial charge in [0.15, 0.2) is 9.84 Å². The Labute approximate surface area is 168 Å². The number of carbonyl (C=O) groups excluding carboxylic acids is 1. The molecule has 1 aliphatic rings. The van der Waals surface area contributed by atoms with Gasteiger partial charge in [0.05, 0.1) is 16.9 Å². The number of likely N-dealkylation sites (tertiary alicyclic amines) is 1. The molecule has 0 aliphatic carbocycles. The van der Waals surface area contributed by atoms with Crippen molar-refractivity contribution in [3.05, 3.63) is 29.8 Å². The molecule has 162 valence electrons. The Balaban J connectivity index is 1.98. The summed E-state index contributed by atoms with van der Waals surface area (Å²) in [5, 5.41) is 10.9. The summed E-state index contributed by atoms with van der Waals surface area (Å²) in [6.45, 7) is 0.356. The van der Waals surface area contributed by atoms with Crippen molar-refractivity contribution in [3.63, 3.8) is 0 Å². The molecule has 1 aliphatic heterocycles. The first-order chi connectivity index (χ1) is 13.3. The third-order valence-electron chi connectivity index (χ3n) is 5.05. The van der Waals surface area contributed by atoms with Crippen LogP contribution < -0.4 is 0 Å². The van der Waals surface area contributed by atoms with Crippen molar-refractivity contribution in [2.24, 2.45) is 4.99 Å². The van der Waals surface area contributed by atoms with Gasteiger partial charge in [0, 0.05) is 44.9 Å². The number of halogens is 3. The van der Waals surface area contributed by atoms with Crippen LogP contribution >= 0.6 is 0 Å². The van der Waals surface area contributed by atoms with Crippen LogP contribution in [0.1, 0.15) is 37.7 Å². The zero-order valence-corrected chi connectivity index (χ0v) is 17.2. The summed E-state index contributed by atoms with van der Waals surface area (Å²) in [6.07, 6.45) is -4.34. The smallest absolute Gasteiger partial charge is 0.389 e. The molecule has 0 radical (unpaired) electrons. The van der Waals surface area contributed by atoms with Gasteiger partial charge in [-0.3, -0.25) is 9.79 Å². The normalized spacial score (nSPS) is 18.0. The summed E-state index contributed by atoms with van der Waals surface area (Å²) in [6, 6.07) is 6.19. The van der Waals surface area contributed by atoms with Gasteiger partial charge in [0.25, 0.3) is 0 Å². The second-order valence-electron chi connectivity index (χ2n) is 7.36. The molecule has 0 saturated carbocycles. The topological polar surface area (TPSA) is 87.0 Å². The van der Waals surface area contributed by atoms with Crippen LogP contribution in [0.2, 0.25) is 0 Å². The third-order valence-corrected chi connectivity index (χ3v) is 6.18. The summed E-state index contributed by atoms with van der Waals surface area (Å²) in [7, 11) is -1.75. The number of hydrogen-bond acceptors (Lipinski definition) is 5. The lowest BCUT2D eigenvalue weighted by Gasteiger charge is -2.38. The lowest BCUT2D eigenvalue weighted by molar-refractivity contribution is -0.151. The highest BCUT2D eigenvalue weighted by Gasteiger charge is 2.36. The first kappa shape index (κ1) is 23.3. The van der Waals surface area contributed by atoms with Gasteiger partial charge in [-0.25, -0.2) is 8.42 Å². The fourth-order valence-electron chi connectivity index (χ4n) is 3.27. The Kier molecular flexibility index (Phi) is 7.10. The van der Waals surface area contributed by atoms with Gasteiger partial charge in [-0.1, -0.05) is 12.1 Å². The Morgan fingerprint density at radius 1 is 1.21 bits per heavy atom. The predicted octanol–water partition coefficient (Wildman–Crippen LogP) is 2.60. The number of alkyl halides is 3. The Hall–Kier alpha value is -1.94. The number of piperidine rings is 1. The van der Waals surface area contributed by atoms with Crippen molar-refractivity contribution in [3.8, 4) is 0 Å². The van der Waals surface area contributed by atoms with E-state index in [0.717, 1.165) is 6.26 Å². The second kappa shape index (κ2) is 8.83. The van der Waals surface area contributed by atoms with Crippen LogP contribution in [0.5, 0.6) is 0 Å². The molecule has 1 saturated heterocycles. The number of rotatable bonds is 6. The highest BCUT2D eigenvalue weighted by atomic mass is 32.2. The third kappa shape index (κ3) is 6.81. The second-order valence-corrected chi connectivity index (χ2v) is 9.38. The van der Waals surface area contributed by atoms with E-state index in [1.807, 2.05) is 0 Å². The van der Waals surface area contributed by atoms with E-state index < -0.39 is 40.4 Å². The molecule has 1 amide bonds. The predicted molar refractivity (Wildman–Crippen MR) is 103 cm³/mol. The molecule has 1 aromatic carbocycles. The van der Waals surface area contributed by atoms with Crippen LogP contribution in [0.25, 0.3) is 0 Å². The first-order valence-electron chi connectivity index (χ1n) is 9.16. The lowest BCUT2D eigenvalue weighted by atomic mass is 9.84. The quantitative estimate of drug-likeness (QED) is 0.698. The van der Waals surface area contributed by atoms with Gasteiger partial charge in [-0.15, -0.1) is 0 Å². The van der Waals surface area contributed by atoms with Crippen molar-refractivity contribution >= 4 is 21.5 Å². The van der Waals surface area contributed by atoms with Gasteiger partial charge in [0.2, 0.25) is 5.91 Å². The molecule has 1 heterocycles. The fourth-order valence-corrected chi connectivity index (χ4v) is 3.90. The van der Waals surface area contributed by atoms with Crippen LogP contribution in [-0.2, 0) is 14.6 Å². The Morgan fingerprint density at radius 3 is 2.21 bits per heavy atom. The molecule has 0 spiro atoms. The van der Waals surface area contributed by atoms with Crippen molar-refractivity contribution in [1.82, 2.24) is 4.90 Å². The number of hydrogen-bond donors (Lipinski definition) is 1. The maximum absolute atomic E-state index is 12.3. The van der Waals surface area contributed by atoms with E-state index in [9.17, 15) is 31.5 Å². The number of sulfone groups is 1. The maximum atomic E-state index is 12.3. The number of amides is 1. The van der Waals surface area contributed by atoms with Crippen molar-refractivity contribution in [2.75, 3.05) is 26.4 Å². The van der Waals surface area contributed by atoms with Crippen molar-refractivity contribution in [1.29, 1.82) is 0 Å². The summed E-state index contributed by atoms with van der Waals surface area (Å²) in [5.74, 6) is -0.565. The van der Waals surface area contributed by atoms with E-state index in [2.05, 4.69) is 4.99 Å². The molecule has 29 heavy (non-hydrogen) atoms. The van der Waals surface area contributed by atoms with Crippen LogP contribution in [0.4, 0.5) is 13.2 Å². The minimum absolute atomic E-state index is 0.178. The number of carbonyl (C=O) groups is 1. The molecule has 1 N–H and O–H groups in total. The molecule has 10 heteroatoms. The average molecular weight is 434 g/mol. The first-order valence-corrected chi connectivity index (χ1v) is 11.1. The van der Waals surface area contributed by atoms with E-state index in [4.69, 9.17) is 0 Å². The number of nitrogens with zero attached hydrogens (tertiary/aromatic N) is 2. The Morgan fingerprint density at radius 2 is 1.76 bits per heavy atom. The summed E-state index contributed by atoms with van der Waals surface area (Å²) in [5.41, 5.74) is 0.131. The standard InChI is InChI=1S/C19H25F3N2O4S/c1-23-16(14-3-5-15(6-4-14)29(2,27)28)13-18(26)9-11-24(12-10-18)17(25)7-8-19(20,21)22/h3-6,26H,7-13H2,1-2H3. The molecule has 1 aromatic rings. The van der Waals surface area contributed by atoms with Gasteiger partial charge < -0.3 is 10.0 Å². The summed E-state index contributed by atoms with van der Waals surface area (Å²) in [4.78, 5) is 17.7. The highest BCUT2D eigenvalue weighted by Crippen LogP contribution is 2.29. The Bertz CT molecular complexity index is 856. The zero-order chi connectivity index (χ0) is 21.9. The van der Waals surface area contributed by atoms with Crippen molar-refractivity contribution < 1.29 is 31.5 Å². The molecule has 0 bridgehead atoms. The van der Waals surface area contributed by atoms with Crippen LogP contribution in [0.3, 0.4) is 0 Å². The summed E-state index contributed by atoms with van der Waals surface area (Å²) >= 11 is 0. The zero-order valence-electron chi connectivity index (χ0n) is 16.4. The summed E-state index contributed by atoms with van der Waals surface area (Å²) < 4.78 is 60.0. The monoisotopic (exact) mass is 434 g/mol. The maximum Gasteiger partial charge on any atom is 0.389 e. The molecular weight excluding hydrogens is 409 g/mol. The van der Waals surface area contributed by atoms with Crippen LogP contribution in [0, 0.1) is 0 Å². The molecule has 0 atom stereocenters. The van der Waals surface area contributed by atoms with Gasteiger partial charge in [-0.05, 0) is 30.5 Å². The largest absolute Gasteiger partial charge is 0.389 e. The molecule has 1 fully saturated rings. The van der Waals surface area contributed by atoms with Gasteiger partial charge in [-0.2, -0.15) is 13.2 Å². The van der Waals surface area contributed by atoms with E-state index in [-0.39, 0.29) is 37.2 Å². The van der Waals surface area contributed by atoms with Crippen LogP contribution in [-0.4, -0.2) is 68.2 Å². The molecular formula is C19H25F3N2O4S. The molecule has 6 nitrogen and oxygen atoms in total. The molecule has 2 rings (SSSR count). The fraction of sp³-hybridized carbons (Fsp3) is 0.579. The number of aliphatic imine (C=N–C) groups is 1. The number of benzene rings is 1. The average Bonchev–Trinajstić information content (AvgIpc) is 2.64. The molecule has 0 aromatic heterocycles. The van der Waals surface area contributed by atoms with Gasteiger partial charge >= 0.3 is 6.18 Å². The van der Waals surface area contributed by atoms with E-state index in [0.29, 0.717) is 11.3 Å². The highest BCUT2D eigenvalue weighted by molar-refractivity contribution is 7.90.